The molecule has 0 bridgehead atoms. The fraction of sp³-hybridized carbons (Fsp3) is 0.357. The molecule has 0 spiro atoms. The van der Waals surface area contributed by atoms with E-state index in [1.807, 2.05) is 42.5 Å². The van der Waals surface area contributed by atoms with Crippen LogP contribution in [0.15, 0.2) is 36.4 Å². The molecule has 0 N–H and O–H groups in total. The van der Waals surface area contributed by atoms with Crippen LogP contribution in [0.4, 0.5) is 0 Å². The fourth-order valence-electron chi connectivity index (χ4n) is 1.87. The molecule has 0 aliphatic carbocycles. The first kappa shape index (κ1) is 11.8. The lowest BCUT2D eigenvalue weighted by molar-refractivity contribution is 0.0342. The van der Waals surface area contributed by atoms with E-state index in [-0.39, 0.29) is 6.04 Å². The molecule has 0 aromatic heterocycles. The van der Waals surface area contributed by atoms with Crippen molar-refractivity contribution in [3.05, 3.63) is 42.0 Å². The van der Waals surface area contributed by atoms with E-state index < -0.39 is 0 Å². The topological polar surface area (TPSA) is 36.3 Å². The Morgan fingerprint density at radius 3 is 2.59 bits per heavy atom. The van der Waals surface area contributed by atoms with E-state index >= 15 is 0 Å². The molecule has 3 nitrogen and oxygen atoms in total. The smallest absolute Gasteiger partial charge is 0.117 e. The monoisotopic (exact) mass is 228 g/mol. The second-order valence-electron chi connectivity index (χ2n) is 3.99. The van der Waals surface area contributed by atoms with E-state index in [0.29, 0.717) is 0 Å². The molecule has 1 aromatic rings. The Bertz CT molecular complexity index is 402. The minimum absolute atomic E-state index is 0.154. The van der Waals surface area contributed by atoms with E-state index in [2.05, 4.69) is 11.0 Å². The molecule has 3 heteroatoms. The molecular weight excluding hydrogens is 212 g/mol. The third kappa shape index (κ3) is 3.42. The van der Waals surface area contributed by atoms with Gasteiger partial charge in [-0.15, -0.1) is 0 Å². The van der Waals surface area contributed by atoms with E-state index in [9.17, 15) is 5.26 Å². The van der Waals surface area contributed by atoms with Crippen molar-refractivity contribution in [2.75, 3.05) is 26.3 Å². The molecule has 0 amide bonds. The maximum atomic E-state index is 9.17. The second-order valence-corrected chi connectivity index (χ2v) is 3.99. The molecule has 1 aliphatic rings. The van der Waals surface area contributed by atoms with Crippen LogP contribution in [0.5, 0.6) is 0 Å². The first-order valence-corrected chi connectivity index (χ1v) is 5.85. The van der Waals surface area contributed by atoms with Crippen molar-refractivity contribution < 1.29 is 4.74 Å². The summed E-state index contributed by atoms with van der Waals surface area (Å²) in [4.78, 5) is 2.14. The van der Waals surface area contributed by atoms with Crippen molar-refractivity contribution >= 4 is 6.08 Å². The summed E-state index contributed by atoms with van der Waals surface area (Å²) in [6, 6.07) is 12.2. The third-order valence-corrected chi connectivity index (χ3v) is 2.84. The van der Waals surface area contributed by atoms with Crippen LogP contribution in [-0.4, -0.2) is 37.2 Å². The van der Waals surface area contributed by atoms with Crippen LogP contribution < -0.4 is 0 Å². The number of nitrogens with zero attached hydrogens (tertiary/aromatic N) is 2. The summed E-state index contributed by atoms with van der Waals surface area (Å²) in [7, 11) is 0. The molecule has 1 atom stereocenters. The second kappa shape index (κ2) is 6.19. The SMILES string of the molecule is N#CC(/C=C/c1ccccc1)N1CCOCC1. The molecule has 2 rings (SSSR count). The first-order valence-electron chi connectivity index (χ1n) is 5.85. The van der Waals surface area contributed by atoms with Gasteiger partial charge < -0.3 is 4.74 Å². The lowest BCUT2D eigenvalue weighted by atomic mass is 10.1. The largest absolute Gasteiger partial charge is 0.379 e. The summed E-state index contributed by atoms with van der Waals surface area (Å²) in [5.41, 5.74) is 1.13. The number of hydrogen-bond acceptors (Lipinski definition) is 3. The minimum atomic E-state index is -0.154. The first-order chi connectivity index (χ1) is 8.40. The van der Waals surface area contributed by atoms with Gasteiger partial charge in [0, 0.05) is 13.1 Å². The van der Waals surface area contributed by atoms with Crippen molar-refractivity contribution in [2.45, 2.75) is 6.04 Å². The van der Waals surface area contributed by atoms with Gasteiger partial charge in [-0.3, -0.25) is 4.90 Å². The van der Waals surface area contributed by atoms with Crippen LogP contribution in [0.25, 0.3) is 6.08 Å². The fourth-order valence-corrected chi connectivity index (χ4v) is 1.87. The van der Waals surface area contributed by atoms with Crippen LogP contribution in [0.3, 0.4) is 0 Å². The normalized spacial score (nSPS) is 19.0. The maximum absolute atomic E-state index is 9.17. The van der Waals surface area contributed by atoms with Gasteiger partial charge in [0.15, 0.2) is 0 Å². The highest BCUT2D eigenvalue weighted by Crippen LogP contribution is 2.08. The van der Waals surface area contributed by atoms with Gasteiger partial charge in [-0.05, 0) is 5.56 Å². The Balaban J connectivity index is 2.00. The molecule has 0 radical (unpaired) electrons. The number of benzene rings is 1. The molecule has 1 fully saturated rings. The zero-order valence-corrected chi connectivity index (χ0v) is 9.75. The van der Waals surface area contributed by atoms with Gasteiger partial charge in [0.05, 0.1) is 19.3 Å². The lowest BCUT2D eigenvalue weighted by Gasteiger charge is -2.28. The van der Waals surface area contributed by atoms with Gasteiger partial charge in [-0.1, -0.05) is 42.5 Å². The van der Waals surface area contributed by atoms with Gasteiger partial charge in [-0.25, -0.2) is 0 Å². The van der Waals surface area contributed by atoms with Crippen LogP contribution in [0.2, 0.25) is 0 Å². The predicted molar refractivity (Wildman–Crippen MR) is 67.3 cm³/mol. The summed E-state index contributed by atoms with van der Waals surface area (Å²) < 4.78 is 5.28. The molecule has 1 saturated heterocycles. The van der Waals surface area contributed by atoms with Gasteiger partial charge in [0.1, 0.15) is 6.04 Å². The standard InChI is InChI=1S/C14H16N2O/c15-12-14(16-8-10-17-11-9-16)7-6-13-4-2-1-3-5-13/h1-7,14H,8-11H2/b7-6+. The average Bonchev–Trinajstić information content (AvgIpc) is 2.42. The van der Waals surface area contributed by atoms with Gasteiger partial charge in [0.25, 0.3) is 0 Å². The van der Waals surface area contributed by atoms with Crippen LogP contribution in [0.1, 0.15) is 5.56 Å². The van der Waals surface area contributed by atoms with Crippen molar-refractivity contribution in [1.29, 1.82) is 5.26 Å². The Kier molecular flexibility index (Phi) is 4.31. The molecule has 1 aliphatic heterocycles. The number of ether oxygens (including phenoxy) is 1. The summed E-state index contributed by atoms with van der Waals surface area (Å²) in [6.07, 6.45) is 3.96. The van der Waals surface area contributed by atoms with Crippen LogP contribution in [0, 0.1) is 11.3 Å². The lowest BCUT2D eigenvalue weighted by Crippen LogP contribution is -2.41. The summed E-state index contributed by atoms with van der Waals surface area (Å²) in [5.74, 6) is 0. The van der Waals surface area contributed by atoms with Crippen molar-refractivity contribution in [3.8, 4) is 6.07 Å². The predicted octanol–water partition coefficient (Wildman–Crippen LogP) is 1.92. The Hall–Kier alpha value is -1.63. The molecule has 17 heavy (non-hydrogen) atoms. The Labute approximate surface area is 102 Å². The van der Waals surface area contributed by atoms with E-state index in [0.717, 1.165) is 31.9 Å². The highest BCUT2D eigenvalue weighted by Gasteiger charge is 2.17. The zero-order chi connectivity index (χ0) is 11.9. The van der Waals surface area contributed by atoms with E-state index in [1.165, 1.54) is 0 Å². The molecule has 0 saturated carbocycles. The Morgan fingerprint density at radius 2 is 1.94 bits per heavy atom. The highest BCUT2D eigenvalue weighted by atomic mass is 16.5. The van der Waals surface area contributed by atoms with E-state index in [4.69, 9.17) is 4.74 Å². The molecular formula is C14H16N2O. The highest BCUT2D eigenvalue weighted by molar-refractivity contribution is 5.50. The van der Waals surface area contributed by atoms with Crippen molar-refractivity contribution in [2.24, 2.45) is 0 Å². The molecule has 1 aromatic carbocycles. The third-order valence-electron chi connectivity index (χ3n) is 2.84. The Morgan fingerprint density at radius 1 is 1.24 bits per heavy atom. The molecule has 1 unspecified atom stereocenters. The van der Waals surface area contributed by atoms with Crippen molar-refractivity contribution in [1.82, 2.24) is 4.90 Å². The minimum Gasteiger partial charge on any atom is -0.379 e. The number of hydrogen-bond donors (Lipinski definition) is 0. The van der Waals surface area contributed by atoms with Crippen LogP contribution in [-0.2, 0) is 4.74 Å². The van der Waals surface area contributed by atoms with Gasteiger partial charge >= 0.3 is 0 Å². The van der Waals surface area contributed by atoms with Gasteiger partial charge in [-0.2, -0.15) is 5.26 Å². The number of nitriles is 1. The number of morpholine rings is 1. The molecule has 1 heterocycles. The van der Waals surface area contributed by atoms with Crippen molar-refractivity contribution in [3.63, 3.8) is 0 Å². The summed E-state index contributed by atoms with van der Waals surface area (Å²) >= 11 is 0. The maximum Gasteiger partial charge on any atom is 0.117 e. The molecule has 88 valence electrons. The zero-order valence-electron chi connectivity index (χ0n) is 9.75. The summed E-state index contributed by atoms with van der Waals surface area (Å²) in [6.45, 7) is 3.10. The summed E-state index contributed by atoms with van der Waals surface area (Å²) in [5, 5.41) is 9.17. The average molecular weight is 228 g/mol. The number of rotatable bonds is 3. The van der Waals surface area contributed by atoms with Gasteiger partial charge in [0.2, 0.25) is 0 Å². The van der Waals surface area contributed by atoms with Crippen LogP contribution >= 0.6 is 0 Å². The quantitative estimate of drug-likeness (QED) is 0.793. The van der Waals surface area contributed by atoms with E-state index in [1.54, 1.807) is 0 Å².